The van der Waals surface area contributed by atoms with Crippen molar-refractivity contribution in [2.45, 2.75) is 36.6 Å². The van der Waals surface area contributed by atoms with E-state index in [1.807, 2.05) is 0 Å². The number of hydrogen-bond acceptors (Lipinski definition) is 4. The molecule has 0 bridgehead atoms. The van der Waals surface area contributed by atoms with Gasteiger partial charge in [0.25, 0.3) is 5.91 Å². The van der Waals surface area contributed by atoms with Gasteiger partial charge in [0.2, 0.25) is 10.0 Å². The predicted octanol–water partition coefficient (Wildman–Crippen LogP) is 1.03. The summed E-state index contributed by atoms with van der Waals surface area (Å²) >= 11 is 0. The first kappa shape index (κ1) is 16.4. The molecule has 126 valence electrons. The third kappa shape index (κ3) is 3.27. The second kappa shape index (κ2) is 6.59. The maximum absolute atomic E-state index is 12.9. The lowest BCUT2D eigenvalue weighted by atomic mass is 10.2. The SMILES string of the molecule is N[C@@H]1CCN(C(=O)c2ccccc2S(=O)(=O)N2CCCCC2)C1. The van der Waals surface area contributed by atoms with E-state index < -0.39 is 10.0 Å². The maximum atomic E-state index is 12.9. The minimum Gasteiger partial charge on any atom is -0.337 e. The molecule has 2 heterocycles. The number of rotatable bonds is 3. The van der Waals surface area contributed by atoms with Crippen LogP contribution in [-0.2, 0) is 10.0 Å². The number of hydrogen-bond donors (Lipinski definition) is 1. The van der Waals surface area contributed by atoms with Crippen molar-refractivity contribution in [1.29, 1.82) is 0 Å². The van der Waals surface area contributed by atoms with Crippen LogP contribution in [0.1, 0.15) is 36.0 Å². The molecule has 2 saturated heterocycles. The summed E-state index contributed by atoms with van der Waals surface area (Å²) in [5, 5.41) is 0. The lowest BCUT2D eigenvalue weighted by molar-refractivity contribution is 0.0787. The van der Waals surface area contributed by atoms with Crippen LogP contribution in [0.15, 0.2) is 29.2 Å². The Kier molecular flexibility index (Phi) is 4.70. The van der Waals surface area contributed by atoms with E-state index in [9.17, 15) is 13.2 Å². The third-order valence-corrected chi connectivity index (χ3v) is 6.52. The number of nitrogens with two attached hydrogens (primary N) is 1. The van der Waals surface area contributed by atoms with E-state index in [0.29, 0.717) is 26.2 Å². The number of nitrogens with zero attached hydrogens (tertiary/aromatic N) is 2. The molecule has 2 N–H and O–H groups in total. The van der Waals surface area contributed by atoms with E-state index in [0.717, 1.165) is 25.7 Å². The highest BCUT2D eigenvalue weighted by molar-refractivity contribution is 7.89. The van der Waals surface area contributed by atoms with Gasteiger partial charge < -0.3 is 10.6 Å². The number of carbonyl (C=O) groups is 1. The highest BCUT2D eigenvalue weighted by Crippen LogP contribution is 2.25. The molecule has 2 aliphatic heterocycles. The number of sulfonamides is 1. The average molecular weight is 337 g/mol. The molecule has 0 unspecified atom stereocenters. The summed E-state index contributed by atoms with van der Waals surface area (Å²) in [5.74, 6) is -0.242. The zero-order chi connectivity index (χ0) is 16.4. The van der Waals surface area contributed by atoms with Crippen molar-refractivity contribution >= 4 is 15.9 Å². The molecule has 7 heteroatoms. The molecule has 1 aromatic rings. The van der Waals surface area contributed by atoms with Crippen LogP contribution in [0.4, 0.5) is 0 Å². The van der Waals surface area contributed by atoms with E-state index in [1.165, 1.54) is 10.4 Å². The van der Waals surface area contributed by atoms with Gasteiger partial charge in [-0.2, -0.15) is 4.31 Å². The lowest BCUT2D eigenvalue weighted by Crippen LogP contribution is -2.37. The van der Waals surface area contributed by atoms with Crippen LogP contribution in [-0.4, -0.2) is 55.8 Å². The van der Waals surface area contributed by atoms with Gasteiger partial charge in [0.1, 0.15) is 0 Å². The van der Waals surface area contributed by atoms with Crippen molar-refractivity contribution in [2.24, 2.45) is 5.73 Å². The van der Waals surface area contributed by atoms with Gasteiger partial charge in [-0.05, 0) is 31.4 Å². The van der Waals surface area contributed by atoms with Crippen LogP contribution in [0.2, 0.25) is 0 Å². The summed E-state index contributed by atoms with van der Waals surface area (Å²) < 4.78 is 27.3. The molecule has 2 aliphatic rings. The smallest absolute Gasteiger partial charge is 0.255 e. The molecule has 0 aromatic heterocycles. The summed E-state index contributed by atoms with van der Waals surface area (Å²) in [5.41, 5.74) is 6.12. The largest absolute Gasteiger partial charge is 0.337 e. The molecule has 3 rings (SSSR count). The summed E-state index contributed by atoms with van der Waals surface area (Å²) in [4.78, 5) is 14.5. The van der Waals surface area contributed by atoms with Crippen molar-refractivity contribution in [2.75, 3.05) is 26.2 Å². The van der Waals surface area contributed by atoms with Crippen LogP contribution in [0.5, 0.6) is 0 Å². The quantitative estimate of drug-likeness (QED) is 0.893. The number of amides is 1. The third-order valence-electron chi connectivity index (χ3n) is 4.56. The van der Waals surface area contributed by atoms with Crippen LogP contribution >= 0.6 is 0 Å². The van der Waals surface area contributed by atoms with E-state index >= 15 is 0 Å². The van der Waals surface area contributed by atoms with Crippen LogP contribution in [0.3, 0.4) is 0 Å². The average Bonchev–Trinajstić information content (AvgIpc) is 3.01. The van der Waals surface area contributed by atoms with Crippen LogP contribution in [0, 0.1) is 0 Å². The van der Waals surface area contributed by atoms with Crippen molar-refractivity contribution in [1.82, 2.24) is 9.21 Å². The van der Waals surface area contributed by atoms with Crippen LogP contribution in [0.25, 0.3) is 0 Å². The van der Waals surface area contributed by atoms with Gasteiger partial charge in [-0.15, -0.1) is 0 Å². The van der Waals surface area contributed by atoms with Gasteiger partial charge in [-0.25, -0.2) is 8.42 Å². The standard InChI is InChI=1S/C16H23N3O3S/c17-13-8-11-18(12-13)16(20)14-6-2-3-7-15(14)23(21,22)19-9-4-1-5-10-19/h2-3,6-7,13H,1,4-5,8-12,17H2/t13-/m1/s1. The molecule has 0 aliphatic carbocycles. The Balaban J connectivity index is 1.92. The zero-order valence-electron chi connectivity index (χ0n) is 13.1. The summed E-state index contributed by atoms with van der Waals surface area (Å²) in [6.07, 6.45) is 3.55. The van der Waals surface area contributed by atoms with Gasteiger partial charge in [0.15, 0.2) is 0 Å². The Bertz CT molecular complexity index is 684. The minimum atomic E-state index is -3.63. The summed E-state index contributed by atoms with van der Waals surface area (Å²) in [7, 11) is -3.63. The Morgan fingerprint density at radius 1 is 1.09 bits per heavy atom. The molecular weight excluding hydrogens is 314 g/mol. The second-order valence-corrected chi connectivity index (χ2v) is 8.17. The first-order valence-corrected chi connectivity index (χ1v) is 9.58. The van der Waals surface area contributed by atoms with E-state index in [4.69, 9.17) is 5.73 Å². The summed E-state index contributed by atoms with van der Waals surface area (Å²) in [6, 6.07) is 6.49. The Hall–Kier alpha value is -1.44. The molecular formula is C16H23N3O3S. The highest BCUT2D eigenvalue weighted by atomic mass is 32.2. The highest BCUT2D eigenvalue weighted by Gasteiger charge is 2.32. The molecule has 0 spiro atoms. The van der Waals surface area contributed by atoms with E-state index in [1.54, 1.807) is 23.1 Å². The Labute approximate surface area is 137 Å². The molecule has 1 amide bonds. The molecule has 6 nitrogen and oxygen atoms in total. The Morgan fingerprint density at radius 2 is 1.78 bits per heavy atom. The van der Waals surface area contributed by atoms with Crippen molar-refractivity contribution in [3.05, 3.63) is 29.8 Å². The predicted molar refractivity (Wildman–Crippen MR) is 87.5 cm³/mol. The Morgan fingerprint density at radius 3 is 2.43 bits per heavy atom. The van der Waals surface area contributed by atoms with Crippen LogP contribution < -0.4 is 5.73 Å². The fourth-order valence-electron chi connectivity index (χ4n) is 3.25. The monoisotopic (exact) mass is 337 g/mol. The van der Waals surface area contributed by atoms with Gasteiger partial charge in [-0.1, -0.05) is 18.6 Å². The first-order chi connectivity index (χ1) is 11.0. The normalized spacial score (nSPS) is 23.2. The molecule has 0 saturated carbocycles. The van der Waals surface area contributed by atoms with Gasteiger partial charge >= 0.3 is 0 Å². The maximum Gasteiger partial charge on any atom is 0.255 e. The molecule has 23 heavy (non-hydrogen) atoms. The van der Waals surface area contributed by atoms with Crippen molar-refractivity contribution < 1.29 is 13.2 Å². The molecule has 1 atom stereocenters. The minimum absolute atomic E-state index is 0.0233. The van der Waals surface area contributed by atoms with E-state index in [-0.39, 0.29) is 22.4 Å². The number of likely N-dealkylation sites (tertiary alicyclic amines) is 1. The van der Waals surface area contributed by atoms with Gasteiger partial charge in [0.05, 0.1) is 10.5 Å². The first-order valence-electron chi connectivity index (χ1n) is 8.14. The van der Waals surface area contributed by atoms with Gasteiger partial charge in [0, 0.05) is 32.2 Å². The summed E-state index contributed by atoms with van der Waals surface area (Å²) in [6.45, 7) is 2.12. The fourth-order valence-corrected chi connectivity index (χ4v) is 4.96. The second-order valence-electron chi connectivity index (χ2n) is 6.26. The number of carbonyl (C=O) groups excluding carboxylic acids is 1. The molecule has 2 fully saturated rings. The van der Waals surface area contributed by atoms with Gasteiger partial charge in [-0.3, -0.25) is 4.79 Å². The van der Waals surface area contributed by atoms with Crippen molar-refractivity contribution in [3.63, 3.8) is 0 Å². The topological polar surface area (TPSA) is 83.7 Å². The fraction of sp³-hybridized carbons (Fsp3) is 0.562. The zero-order valence-corrected chi connectivity index (χ0v) is 14.0. The number of piperidine rings is 1. The lowest BCUT2D eigenvalue weighted by Gasteiger charge is -2.27. The van der Waals surface area contributed by atoms with Crippen molar-refractivity contribution in [3.8, 4) is 0 Å². The molecule has 1 aromatic carbocycles. The number of benzene rings is 1. The van der Waals surface area contributed by atoms with E-state index in [2.05, 4.69) is 0 Å². The molecule has 0 radical (unpaired) electrons.